The van der Waals surface area contributed by atoms with Crippen molar-refractivity contribution in [2.75, 3.05) is 19.6 Å². The van der Waals surface area contributed by atoms with Crippen molar-refractivity contribution < 1.29 is 9.59 Å². The third-order valence-electron chi connectivity index (χ3n) is 6.15. The fourth-order valence-corrected chi connectivity index (χ4v) is 5.47. The molecule has 2 fully saturated rings. The molecule has 3 aromatic rings. The number of hydrogen-bond acceptors (Lipinski definition) is 4. The number of rotatable bonds is 5. The van der Waals surface area contributed by atoms with Crippen LogP contribution in [0.3, 0.4) is 0 Å². The van der Waals surface area contributed by atoms with E-state index in [1.54, 1.807) is 4.90 Å². The van der Waals surface area contributed by atoms with Gasteiger partial charge in [0.15, 0.2) is 5.01 Å². The molecule has 31 heavy (non-hydrogen) atoms. The van der Waals surface area contributed by atoms with Gasteiger partial charge >= 0.3 is 0 Å². The Kier molecular flexibility index (Phi) is 5.10. The highest BCUT2D eigenvalue weighted by molar-refractivity contribution is 7.17. The van der Waals surface area contributed by atoms with E-state index >= 15 is 0 Å². The van der Waals surface area contributed by atoms with E-state index in [1.165, 1.54) is 11.3 Å². The molecule has 1 aliphatic heterocycles. The number of nitrogens with zero attached hydrogens (tertiary/aromatic N) is 3. The molecule has 0 radical (unpaired) electrons. The van der Waals surface area contributed by atoms with Crippen LogP contribution in [-0.4, -0.2) is 51.8 Å². The fourth-order valence-electron chi connectivity index (χ4n) is 4.43. The van der Waals surface area contributed by atoms with Gasteiger partial charge in [0, 0.05) is 25.2 Å². The van der Waals surface area contributed by atoms with Crippen LogP contribution in [0.15, 0.2) is 60.7 Å². The Bertz CT molecular complexity index is 1050. The lowest BCUT2D eigenvalue weighted by molar-refractivity contribution is -0.142. The number of thiazole rings is 1. The summed E-state index contributed by atoms with van der Waals surface area (Å²) in [6, 6.07) is 20.0. The van der Waals surface area contributed by atoms with Crippen molar-refractivity contribution in [1.29, 1.82) is 0 Å². The topological polar surface area (TPSA) is 53.5 Å². The van der Waals surface area contributed by atoms with Gasteiger partial charge in [-0.2, -0.15) is 0 Å². The molecule has 1 spiro atoms. The van der Waals surface area contributed by atoms with Crippen LogP contribution < -0.4 is 0 Å². The van der Waals surface area contributed by atoms with Gasteiger partial charge in [-0.15, -0.1) is 11.3 Å². The summed E-state index contributed by atoms with van der Waals surface area (Å²) in [5, 5.41) is 0.459. The molecular formula is C25H25N3O2S. The molecule has 5 rings (SSSR count). The summed E-state index contributed by atoms with van der Waals surface area (Å²) in [7, 11) is 0. The van der Waals surface area contributed by atoms with E-state index in [0.29, 0.717) is 18.1 Å². The molecule has 0 atom stereocenters. The molecule has 5 nitrogen and oxygen atoms in total. The monoisotopic (exact) mass is 431 g/mol. The van der Waals surface area contributed by atoms with E-state index in [0.717, 1.165) is 47.5 Å². The Morgan fingerprint density at radius 1 is 1.00 bits per heavy atom. The van der Waals surface area contributed by atoms with Gasteiger partial charge in [0.25, 0.3) is 5.91 Å². The third-order valence-corrected chi connectivity index (χ3v) is 7.24. The quantitative estimate of drug-likeness (QED) is 0.588. The highest BCUT2D eigenvalue weighted by atomic mass is 32.1. The number of carbonyl (C=O) groups excluding carboxylic acids is 2. The first kappa shape index (κ1) is 19.9. The molecule has 6 heteroatoms. The molecule has 158 valence electrons. The molecule has 1 saturated heterocycles. The van der Waals surface area contributed by atoms with Crippen LogP contribution in [0, 0.1) is 0 Å². The van der Waals surface area contributed by atoms with Crippen molar-refractivity contribution in [2.45, 2.75) is 31.7 Å². The zero-order chi connectivity index (χ0) is 21.4. The normalized spacial score (nSPS) is 17.3. The first-order chi connectivity index (χ1) is 15.1. The first-order valence-corrected chi connectivity index (χ1v) is 11.7. The number of benzene rings is 2. The van der Waals surface area contributed by atoms with E-state index in [1.807, 2.05) is 65.6 Å². The van der Waals surface area contributed by atoms with Crippen molar-refractivity contribution in [3.8, 4) is 21.7 Å². The second kappa shape index (κ2) is 7.93. The van der Waals surface area contributed by atoms with E-state index in [2.05, 4.69) is 6.92 Å². The summed E-state index contributed by atoms with van der Waals surface area (Å²) in [5.41, 5.74) is 2.21. The summed E-state index contributed by atoms with van der Waals surface area (Å²) in [5.74, 6) is -0.0107. The Hall–Kier alpha value is -2.99. The van der Waals surface area contributed by atoms with Crippen LogP contribution in [0.25, 0.3) is 21.7 Å². The second-order valence-corrected chi connectivity index (χ2v) is 9.21. The lowest BCUT2D eigenvalue weighted by Gasteiger charge is -2.40. The first-order valence-electron chi connectivity index (χ1n) is 10.9. The molecule has 2 aliphatic rings. The zero-order valence-corrected chi connectivity index (χ0v) is 18.4. The predicted octanol–water partition coefficient (Wildman–Crippen LogP) is 4.70. The van der Waals surface area contributed by atoms with Crippen LogP contribution >= 0.6 is 11.3 Å². The van der Waals surface area contributed by atoms with Crippen molar-refractivity contribution in [3.05, 3.63) is 65.7 Å². The van der Waals surface area contributed by atoms with Gasteiger partial charge in [-0.05, 0) is 24.8 Å². The molecule has 2 aromatic carbocycles. The maximum atomic E-state index is 13.6. The molecule has 0 bridgehead atoms. The lowest BCUT2D eigenvalue weighted by Crippen LogP contribution is -2.60. The number of carbonyl (C=O) groups is 2. The van der Waals surface area contributed by atoms with Crippen molar-refractivity contribution in [1.82, 2.24) is 14.8 Å². The predicted molar refractivity (Wildman–Crippen MR) is 123 cm³/mol. The van der Waals surface area contributed by atoms with Gasteiger partial charge in [0.2, 0.25) is 5.91 Å². The lowest BCUT2D eigenvalue weighted by atomic mass is 10.1. The largest absolute Gasteiger partial charge is 0.339 e. The van der Waals surface area contributed by atoms with Crippen LogP contribution in [0.2, 0.25) is 0 Å². The summed E-state index contributed by atoms with van der Waals surface area (Å²) in [6.45, 7) is 4.01. The highest BCUT2D eigenvalue weighted by Gasteiger charge is 2.60. The Balaban J connectivity index is 1.52. The average Bonchev–Trinajstić information content (AvgIpc) is 3.47. The van der Waals surface area contributed by atoms with E-state index in [9.17, 15) is 9.59 Å². The van der Waals surface area contributed by atoms with Crippen LogP contribution in [-0.2, 0) is 4.79 Å². The molecule has 1 saturated carbocycles. The maximum absolute atomic E-state index is 13.6. The van der Waals surface area contributed by atoms with Gasteiger partial charge in [-0.25, -0.2) is 4.98 Å². The Morgan fingerprint density at radius 3 is 2.26 bits per heavy atom. The van der Waals surface area contributed by atoms with Crippen LogP contribution in [0.1, 0.15) is 36.0 Å². The van der Waals surface area contributed by atoms with Gasteiger partial charge in [0.1, 0.15) is 5.54 Å². The van der Waals surface area contributed by atoms with Crippen molar-refractivity contribution >= 4 is 23.2 Å². The number of amides is 2. The fraction of sp³-hybridized carbons (Fsp3) is 0.320. The SMILES string of the molecule is CCCN1CCN(C(=O)c2nc(-c3ccccc3)c(-c3ccccc3)s2)C2(CC2)C1=O. The Labute approximate surface area is 186 Å². The van der Waals surface area contributed by atoms with Gasteiger partial charge in [0.05, 0.1) is 10.6 Å². The van der Waals surface area contributed by atoms with E-state index < -0.39 is 5.54 Å². The van der Waals surface area contributed by atoms with E-state index in [-0.39, 0.29) is 11.8 Å². The van der Waals surface area contributed by atoms with E-state index in [4.69, 9.17) is 4.98 Å². The Morgan fingerprint density at radius 2 is 1.65 bits per heavy atom. The molecule has 1 aliphatic carbocycles. The smallest absolute Gasteiger partial charge is 0.283 e. The molecule has 0 unspecified atom stereocenters. The molecule has 2 amide bonds. The number of hydrogen-bond donors (Lipinski definition) is 0. The highest BCUT2D eigenvalue weighted by Crippen LogP contribution is 2.47. The van der Waals surface area contributed by atoms with Crippen molar-refractivity contribution in [2.24, 2.45) is 0 Å². The molecule has 0 N–H and O–H groups in total. The van der Waals surface area contributed by atoms with Gasteiger partial charge in [-0.1, -0.05) is 67.6 Å². The second-order valence-electron chi connectivity index (χ2n) is 8.21. The van der Waals surface area contributed by atoms with Crippen LogP contribution in [0.4, 0.5) is 0 Å². The van der Waals surface area contributed by atoms with Crippen LogP contribution in [0.5, 0.6) is 0 Å². The summed E-state index contributed by atoms with van der Waals surface area (Å²) in [4.78, 5) is 36.2. The minimum absolute atomic E-state index is 0.108. The van der Waals surface area contributed by atoms with Gasteiger partial charge in [-0.3, -0.25) is 9.59 Å². The minimum Gasteiger partial charge on any atom is -0.339 e. The third kappa shape index (κ3) is 3.45. The number of piperazine rings is 1. The maximum Gasteiger partial charge on any atom is 0.283 e. The van der Waals surface area contributed by atoms with Gasteiger partial charge < -0.3 is 9.80 Å². The molecule has 1 aromatic heterocycles. The molecule has 2 heterocycles. The molecular weight excluding hydrogens is 406 g/mol. The summed E-state index contributed by atoms with van der Waals surface area (Å²) in [6.07, 6.45) is 2.43. The van der Waals surface area contributed by atoms with Crippen molar-refractivity contribution in [3.63, 3.8) is 0 Å². The minimum atomic E-state index is -0.643. The zero-order valence-electron chi connectivity index (χ0n) is 17.6. The summed E-state index contributed by atoms with van der Waals surface area (Å²) >= 11 is 1.42. The summed E-state index contributed by atoms with van der Waals surface area (Å²) < 4.78 is 0. The average molecular weight is 432 g/mol. The standard InChI is InChI=1S/C25H25N3O2S/c1-2-15-27-16-17-28(25(13-14-25)24(27)30)23(29)22-26-20(18-9-5-3-6-10-18)21(31-22)19-11-7-4-8-12-19/h3-12H,2,13-17H2,1H3. The number of aromatic nitrogens is 1.